The van der Waals surface area contributed by atoms with Crippen molar-refractivity contribution < 1.29 is 83.4 Å². The second kappa shape index (κ2) is 18.1. The Hall–Kier alpha value is -0.294. The zero-order valence-corrected chi connectivity index (χ0v) is 23.6. The molecule has 1 aromatic rings. The van der Waals surface area contributed by atoms with E-state index in [2.05, 4.69) is 6.92 Å². The molecule has 1 rings (SSSR count). The van der Waals surface area contributed by atoms with Gasteiger partial charge in [-0.15, -0.1) is 0 Å². The van der Waals surface area contributed by atoms with Gasteiger partial charge < -0.3 is 14.0 Å². The van der Waals surface area contributed by atoms with Gasteiger partial charge in [0.1, 0.15) is 10.1 Å². The molecule has 0 spiro atoms. The Labute approximate surface area is 235 Å². The minimum absolute atomic E-state index is 0. The quantitative estimate of drug-likeness (QED) is 0.150. The number of carbonyl (C=O) groups excluding carboxylic acids is 2. The van der Waals surface area contributed by atoms with Gasteiger partial charge in [-0.1, -0.05) is 83.8 Å². The average Bonchev–Trinajstić information content (AvgIpc) is 2.74. The first-order valence-electron chi connectivity index (χ1n) is 11.2. The fraction of sp³-hybridized carbons (Fsp3) is 0.652. The molecule has 0 aromatic heterocycles. The van der Waals surface area contributed by atoms with Crippen molar-refractivity contribution in [1.29, 1.82) is 0 Å². The van der Waals surface area contributed by atoms with Gasteiger partial charge in [0, 0.05) is 0 Å². The zero-order chi connectivity index (χ0) is 23.1. The number of carbonyl (C=O) groups is 2. The average molecular weight is 495 g/mol. The number of hydrogen-bond acceptors (Lipinski definition) is 7. The number of hydrogen-bond donors (Lipinski definition) is 0. The summed E-state index contributed by atoms with van der Waals surface area (Å²) in [5.74, 6) is -1.72. The van der Waals surface area contributed by atoms with Gasteiger partial charge in [-0.2, -0.15) is 0 Å². The van der Waals surface area contributed by atoms with Crippen LogP contribution in [-0.4, -0.2) is 37.0 Å². The molecular weight excluding hydrogens is 459 g/mol. The predicted octanol–water partition coefficient (Wildman–Crippen LogP) is 2.21. The molecular formula is C23H35KO7S. The summed E-state index contributed by atoms with van der Waals surface area (Å²) >= 11 is 0. The topological polar surface area (TPSA) is 110 Å². The molecule has 0 aliphatic heterocycles. The van der Waals surface area contributed by atoms with Crippen molar-refractivity contribution in [1.82, 2.24) is 0 Å². The first kappa shape index (κ1) is 31.7. The van der Waals surface area contributed by atoms with Crippen LogP contribution in [0, 0.1) is 0 Å². The van der Waals surface area contributed by atoms with Crippen LogP contribution < -0.4 is 51.4 Å². The SMILES string of the molecule is CCCCCCCCCCCCOC(=O)c1ccccc1C(=O)OC(CC)S(=O)(=O)[O-].[K+]. The molecule has 7 nitrogen and oxygen atoms in total. The van der Waals surface area contributed by atoms with Crippen LogP contribution in [0.3, 0.4) is 0 Å². The van der Waals surface area contributed by atoms with Crippen molar-refractivity contribution in [2.24, 2.45) is 0 Å². The van der Waals surface area contributed by atoms with Crippen LogP contribution in [0.4, 0.5) is 0 Å². The molecule has 0 fully saturated rings. The first-order chi connectivity index (χ1) is 14.8. The Kier molecular flexibility index (Phi) is 17.9. The Balaban J connectivity index is 0.00000961. The van der Waals surface area contributed by atoms with Crippen molar-refractivity contribution in [3.63, 3.8) is 0 Å². The Morgan fingerprint density at radius 1 is 0.844 bits per heavy atom. The molecule has 9 heteroatoms. The third-order valence-electron chi connectivity index (χ3n) is 4.99. The van der Waals surface area contributed by atoms with Gasteiger partial charge in [-0.25, -0.2) is 18.0 Å². The maximum atomic E-state index is 12.4. The van der Waals surface area contributed by atoms with E-state index in [0.29, 0.717) is 0 Å². The third-order valence-corrected chi connectivity index (χ3v) is 6.07. The fourth-order valence-electron chi connectivity index (χ4n) is 3.20. The van der Waals surface area contributed by atoms with Crippen molar-refractivity contribution in [3.05, 3.63) is 35.4 Å². The third kappa shape index (κ3) is 12.8. The molecule has 0 N–H and O–H groups in total. The summed E-state index contributed by atoms with van der Waals surface area (Å²) in [6.45, 7) is 3.87. The van der Waals surface area contributed by atoms with Crippen molar-refractivity contribution in [2.75, 3.05) is 6.61 Å². The molecule has 0 saturated heterocycles. The number of esters is 2. The standard InChI is InChI=1S/C23H36O7S.K/c1-3-5-6-7-8-9-10-11-12-15-18-29-22(24)19-16-13-14-17-20(19)23(25)30-21(4-2)31(26,27)28;/h13-14,16-17,21H,3-12,15,18H2,1-2H3,(H,26,27,28);/q;+1/p-1. The van der Waals surface area contributed by atoms with E-state index in [9.17, 15) is 22.6 Å². The Morgan fingerprint density at radius 2 is 1.31 bits per heavy atom. The van der Waals surface area contributed by atoms with Crippen LogP contribution in [0.15, 0.2) is 24.3 Å². The van der Waals surface area contributed by atoms with E-state index in [1.54, 1.807) is 6.07 Å². The second-order valence-electron chi connectivity index (χ2n) is 7.60. The molecule has 176 valence electrons. The molecule has 1 aromatic carbocycles. The van der Waals surface area contributed by atoms with E-state index in [4.69, 9.17) is 9.47 Å². The van der Waals surface area contributed by atoms with Gasteiger partial charge in [0.2, 0.25) is 0 Å². The summed E-state index contributed by atoms with van der Waals surface area (Å²) in [4.78, 5) is 24.7. The van der Waals surface area contributed by atoms with Gasteiger partial charge in [0.05, 0.1) is 17.7 Å². The Bertz CT molecular complexity index is 780. The monoisotopic (exact) mass is 494 g/mol. The number of unbranched alkanes of at least 4 members (excludes halogenated alkanes) is 9. The summed E-state index contributed by atoms with van der Waals surface area (Å²) in [5.41, 5.74) is -1.94. The minimum atomic E-state index is -4.79. The van der Waals surface area contributed by atoms with E-state index in [-0.39, 0.29) is 75.5 Å². The molecule has 0 saturated carbocycles. The number of benzene rings is 1. The van der Waals surface area contributed by atoms with Crippen molar-refractivity contribution in [2.45, 2.75) is 89.9 Å². The minimum Gasteiger partial charge on any atom is -0.745 e. The van der Waals surface area contributed by atoms with E-state index in [1.807, 2.05) is 0 Å². The molecule has 0 heterocycles. The van der Waals surface area contributed by atoms with Gasteiger partial charge >= 0.3 is 63.3 Å². The molecule has 0 amide bonds. The van der Waals surface area contributed by atoms with Gasteiger partial charge in [0.25, 0.3) is 0 Å². The summed E-state index contributed by atoms with van der Waals surface area (Å²) < 4.78 is 43.5. The van der Waals surface area contributed by atoms with E-state index in [1.165, 1.54) is 70.1 Å². The maximum Gasteiger partial charge on any atom is 1.00 e. The molecule has 0 aliphatic rings. The summed E-state index contributed by atoms with van der Waals surface area (Å²) in [6.07, 6.45) is 11.5. The van der Waals surface area contributed by atoms with Crippen LogP contribution in [0.25, 0.3) is 0 Å². The van der Waals surface area contributed by atoms with E-state index >= 15 is 0 Å². The fourth-order valence-corrected chi connectivity index (χ4v) is 3.81. The van der Waals surface area contributed by atoms with Crippen LogP contribution >= 0.6 is 0 Å². The smallest absolute Gasteiger partial charge is 0.745 e. The second-order valence-corrected chi connectivity index (χ2v) is 9.11. The van der Waals surface area contributed by atoms with Gasteiger partial charge in [-0.05, 0) is 25.0 Å². The normalized spacial score (nSPS) is 12.0. The Morgan fingerprint density at radius 3 is 1.78 bits per heavy atom. The summed E-state index contributed by atoms with van der Waals surface area (Å²) in [7, 11) is -4.79. The van der Waals surface area contributed by atoms with Crippen molar-refractivity contribution in [3.8, 4) is 0 Å². The first-order valence-corrected chi connectivity index (χ1v) is 12.7. The zero-order valence-electron chi connectivity index (χ0n) is 19.6. The molecule has 0 bridgehead atoms. The largest absolute Gasteiger partial charge is 1.00 e. The van der Waals surface area contributed by atoms with Crippen LogP contribution in [0.2, 0.25) is 0 Å². The van der Waals surface area contributed by atoms with Crippen LogP contribution in [-0.2, 0) is 19.6 Å². The molecule has 1 unspecified atom stereocenters. The number of rotatable bonds is 16. The maximum absolute atomic E-state index is 12.4. The van der Waals surface area contributed by atoms with Crippen LogP contribution in [0.5, 0.6) is 0 Å². The van der Waals surface area contributed by atoms with Gasteiger partial charge in [0.15, 0.2) is 5.44 Å². The van der Waals surface area contributed by atoms with Gasteiger partial charge in [-0.3, -0.25) is 0 Å². The summed E-state index contributed by atoms with van der Waals surface area (Å²) in [6, 6.07) is 5.82. The van der Waals surface area contributed by atoms with Crippen LogP contribution in [0.1, 0.15) is 105 Å². The van der Waals surface area contributed by atoms with E-state index < -0.39 is 27.5 Å². The summed E-state index contributed by atoms with van der Waals surface area (Å²) in [5, 5.41) is 0. The molecule has 32 heavy (non-hydrogen) atoms. The molecule has 0 aliphatic carbocycles. The number of ether oxygens (including phenoxy) is 2. The molecule has 0 radical (unpaired) electrons. The molecule has 1 atom stereocenters. The van der Waals surface area contributed by atoms with Crippen molar-refractivity contribution >= 4 is 22.1 Å². The predicted molar refractivity (Wildman–Crippen MR) is 118 cm³/mol. The van der Waals surface area contributed by atoms with E-state index in [0.717, 1.165) is 19.3 Å².